The van der Waals surface area contributed by atoms with E-state index in [1.165, 1.54) is 16.6 Å². The van der Waals surface area contributed by atoms with Gasteiger partial charge in [0.15, 0.2) is 0 Å². The molecule has 106 valence electrons. The molecule has 2 heterocycles. The number of hydrogen-bond acceptors (Lipinski definition) is 4. The summed E-state index contributed by atoms with van der Waals surface area (Å²) in [5.74, 6) is 0. The Labute approximate surface area is 122 Å². The van der Waals surface area contributed by atoms with Crippen molar-refractivity contribution in [2.24, 2.45) is 0 Å². The third-order valence-electron chi connectivity index (χ3n) is 2.93. The van der Waals surface area contributed by atoms with Crippen LogP contribution in [0.2, 0.25) is 10.2 Å². The molecule has 0 saturated carbocycles. The lowest BCUT2D eigenvalue weighted by Crippen LogP contribution is -2.50. The van der Waals surface area contributed by atoms with Gasteiger partial charge >= 0.3 is 0 Å². The predicted molar refractivity (Wildman–Crippen MR) is 73.0 cm³/mol. The summed E-state index contributed by atoms with van der Waals surface area (Å²) < 4.78 is 31.9. The molecule has 1 aliphatic rings. The normalized spacial score (nSPS) is 25.5. The lowest BCUT2D eigenvalue weighted by molar-refractivity contribution is -0.0170. The molecule has 2 unspecified atom stereocenters. The summed E-state index contributed by atoms with van der Waals surface area (Å²) in [6.07, 6.45) is 1.08. The lowest BCUT2D eigenvalue weighted by Gasteiger charge is -2.35. The van der Waals surface area contributed by atoms with Crippen LogP contribution in [-0.2, 0) is 14.8 Å². The molecular weight excluding hydrogens is 311 g/mol. The Hall–Kier alpha value is -0.400. The van der Waals surface area contributed by atoms with Crippen molar-refractivity contribution in [3.63, 3.8) is 0 Å². The molecule has 1 aromatic heterocycles. The van der Waals surface area contributed by atoms with Crippen LogP contribution >= 0.6 is 23.2 Å². The van der Waals surface area contributed by atoms with Gasteiger partial charge in [0.25, 0.3) is 0 Å². The number of pyridine rings is 1. The molecule has 0 aromatic carbocycles. The molecule has 1 saturated heterocycles. The van der Waals surface area contributed by atoms with Crippen molar-refractivity contribution in [2.75, 3.05) is 13.2 Å². The summed E-state index contributed by atoms with van der Waals surface area (Å²) in [4.78, 5) is 3.82. The second-order valence-corrected chi connectivity index (χ2v) is 7.17. The second-order valence-electron chi connectivity index (χ2n) is 4.51. The number of rotatable bonds is 2. The largest absolute Gasteiger partial charge is 0.375 e. The van der Waals surface area contributed by atoms with Crippen LogP contribution in [0.25, 0.3) is 0 Å². The molecule has 1 aliphatic heterocycles. The Morgan fingerprint density at radius 3 is 2.74 bits per heavy atom. The number of halogens is 2. The number of hydrogen-bond donors (Lipinski definition) is 0. The van der Waals surface area contributed by atoms with E-state index in [4.69, 9.17) is 27.9 Å². The number of aromatic nitrogens is 1. The molecule has 0 N–H and O–H groups in total. The minimum Gasteiger partial charge on any atom is -0.375 e. The van der Waals surface area contributed by atoms with Gasteiger partial charge < -0.3 is 4.74 Å². The molecule has 0 amide bonds. The fourth-order valence-corrected chi connectivity index (χ4v) is 3.89. The van der Waals surface area contributed by atoms with Crippen molar-refractivity contribution >= 4 is 33.2 Å². The van der Waals surface area contributed by atoms with E-state index in [0.29, 0.717) is 13.2 Å². The van der Waals surface area contributed by atoms with Gasteiger partial charge in [0.2, 0.25) is 10.0 Å². The molecule has 2 atom stereocenters. The minimum absolute atomic E-state index is 0.0443. The van der Waals surface area contributed by atoms with Crippen molar-refractivity contribution in [3.05, 3.63) is 22.4 Å². The first-order valence-corrected chi connectivity index (χ1v) is 7.96. The number of sulfonamides is 1. The van der Waals surface area contributed by atoms with Crippen molar-refractivity contribution in [3.8, 4) is 0 Å². The van der Waals surface area contributed by atoms with E-state index in [2.05, 4.69) is 4.98 Å². The monoisotopic (exact) mass is 324 g/mol. The summed E-state index contributed by atoms with van der Waals surface area (Å²) in [6, 6.07) is 1.09. The third kappa shape index (κ3) is 3.03. The number of nitrogens with zero attached hydrogens (tertiary/aromatic N) is 2. The van der Waals surface area contributed by atoms with Crippen LogP contribution < -0.4 is 0 Å². The zero-order chi connectivity index (χ0) is 14.2. The SMILES string of the molecule is CC1CN(S(=O)(=O)c2cnc(Cl)c(Cl)c2)C(C)CO1. The van der Waals surface area contributed by atoms with Gasteiger partial charge in [-0.1, -0.05) is 23.2 Å². The van der Waals surface area contributed by atoms with Gasteiger partial charge in [0, 0.05) is 18.8 Å². The zero-order valence-electron chi connectivity index (χ0n) is 10.5. The van der Waals surface area contributed by atoms with Gasteiger partial charge in [-0.15, -0.1) is 0 Å². The van der Waals surface area contributed by atoms with Crippen LogP contribution in [0.4, 0.5) is 0 Å². The highest BCUT2D eigenvalue weighted by molar-refractivity contribution is 7.89. The van der Waals surface area contributed by atoms with E-state index in [9.17, 15) is 8.42 Å². The van der Waals surface area contributed by atoms with Gasteiger partial charge in [-0.2, -0.15) is 4.31 Å². The Morgan fingerprint density at radius 2 is 2.11 bits per heavy atom. The summed E-state index contributed by atoms with van der Waals surface area (Å²) in [5.41, 5.74) is 0. The molecule has 5 nitrogen and oxygen atoms in total. The highest BCUT2D eigenvalue weighted by atomic mass is 35.5. The molecule has 0 radical (unpaired) electrons. The molecule has 0 aliphatic carbocycles. The van der Waals surface area contributed by atoms with Crippen molar-refractivity contribution in [1.29, 1.82) is 0 Å². The molecule has 19 heavy (non-hydrogen) atoms. The van der Waals surface area contributed by atoms with Crippen molar-refractivity contribution < 1.29 is 13.2 Å². The molecule has 0 spiro atoms. The van der Waals surface area contributed by atoms with Crippen LogP contribution in [0, 0.1) is 0 Å². The third-order valence-corrected chi connectivity index (χ3v) is 5.56. The van der Waals surface area contributed by atoms with Gasteiger partial charge in [-0.25, -0.2) is 13.4 Å². The first kappa shape index (κ1) is 15.0. The Bertz CT molecular complexity index is 579. The van der Waals surface area contributed by atoms with Gasteiger partial charge in [0.1, 0.15) is 10.0 Å². The number of morpholine rings is 1. The first-order chi connectivity index (χ1) is 8.82. The quantitative estimate of drug-likeness (QED) is 0.782. The van der Waals surface area contributed by atoms with Crippen LogP contribution in [0.3, 0.4) is 0 Å². The van der Waals surface area contributed by atoms with Crippen molar-refractivity contribution in [1.82, 2.24) is 9.29 Å². The Morgan fingerprint density at radius 1 is 1.42 bits per heavy atom. The van der Waals surface area contributed by atoms with Gasteiger partial charge in [-0.05, 0) is 19.9 Å². The molecule has 1 aromatic rings. The highest BCUT2D eigenvalue weighted by Gasteiger charge is 2.34. The first-order valence-electron chi connectivity index (χ1n) is 5.77. The van der Waals surface area contributed by atoms with Crippen LogP contribution in [-0.4, -0.2) is 43.0 Å². The maximum atomic E-state index is 12.5. The van der Waals surface area contributed by atoms with E-state index in [0.717, 1.165) is 0 Å². The number of ether oxygens (including phenoxy) is 1. The van der Waals surface area contributed by atoms with Crippen LogP contribution in [0.1, 0.15) is 13.8 Å². The Kier molecular flexibility index (Phi) is 4.37. The molecule has 0 bridgehead atoms. The highest BCUT2D eigenvalue weighted by Crippen LogP contribution is 2.26. The van der Waals surface area contributed by atoms with Gasteiger partial charge in [-0.3, -0.25) is 0 Å². The zero-order valence-corrected chi connectivity index (χ0v) is 12.8. The predicted octanol–water partition coefficient (Wildman–Crippen LogP) is 2.19. The average molecular weight is 325 g/mol. The fraction of sp³-hybridized carbons (Fsp3) is 0.545. The van der Waals surface area contributed by atoms with E-state index in [1.54, 1.807) is 6.92 Å². The van der Waals surface area contributed by atoms with Crippen molar-refractivity contribution in [2.45, 2.75) is 30.9 Å². The van der Waals surface area contributed by atoms with E-state index >= 15 is 0 Å². The molecular formula is C11H14Cl2N2O3S. The Balaban J connectivity index is 2.38. The van der Waals surface area contributed by atoms with E-state index in [1.807, 2.05) is 6.92 Å². The van der Waals surface area contributed by atoms with E-state index in [-0.39, 0.29) is 27.2 Å². The maximum Gasteiger partial charge on any atom is 0.245 e. The van der Waals surface area contributed by atoms with Crippen LogP contribution in [0.5, 0.6) is 0 Å². The standard InChI is InChI=1S/C11H14Cl2N2O3S/c1-7-6-18-8(2)5-15(7)19(16,17)9-3-10(12)11(13)14-4-9/h3-4,7-8H,5-6H2,1-2H3. The summed E-state index contributed by atoms with van der Waals surface area (Å²) in [5, 5.41) is 0.209. The van der Waals surface area contributed by atoms with E-state index < -0.39 is 10.0 Å². The fourth-order valence-electron chi connectivity index (χ4n) is 1.89. The molecule has 1 fully saturated rings. The lowest BCUT2D eigenvalue weighted by atomic mass is 10.2. The minimum atomic E-state index is -3.64. The van der Waals surface area contributed by atoms with Crippen LogP contribution in [0.15, 0.2) is 17.2 Å². The molecule has 8 heteroatoms. The topological polar surface area (TPSA) is 59.5 Å². The average Bonchev–Trinajstić information content (AvgIpc) is 2.35. The summed E-state index contributed by atoms with van der Waals surface area (Å²) >= 11 is 11.5. The molecule has 2 rings (SSSR count). The maximum absolute atomic E-state index is 12.5. The smallest absolute Gasteiger partial charge is 0.245 e. The summed E-state index contributed by atoms with van der Waals surface area (Å²) in [6.45, 7) is 4.31. The second kappa shape index (κ2) is 5.54. The summed E-state index contributed by atoms with van der Waals surface area (Å²) in [7, 11) is -3.64. The van der Waals surface area contributed by atoms with Gasteiger partial charge in [0.05, 0.1) is 17.7 Å².